The Morgan fingerprint density at radius 2 is 1.86 bits per heavy atom. The molecule has 0 radical (unpaired) electrons. The maximum Gasteiger partial charge on any atom is 0.298 e. The van der Waals surface area contributed by atoms with Crippen LogP contribution in [0.25, 0.3) is 0 Å². The molecule has 0 fully saturated rings. The van der Waals surface area contributed by atoms with E-state index >= 15 is 0 Å². The summed E-state index contributed by atoms with van der Waals surface area (Å²) in [5.41, 5.74) is 1.01. The minimum atomic E-state index is -3.60. The van der Waals surface area contributed by atoms with Gasteiger partial charge in [0, 0.05) is 0 Å². The average molecular weight is 215 g/mol. The van der Waals surface area contributed by atoms with E-state index in [1.165, 1.54) is 12.1 Å². The highest BCUT2D eigenvalue weighted by atomic mass is 32.2. The van der Waals surface area contributed by atoms with Crippen LogP contribution in [0, 0.1) is 6.92 Å². The Bertz CT molecular complexity index is 383. The number of hydrogen-bond acceptors (Lipinski definition) is 4. The van der Waals surface area contributed by atoms with Crippen molar-refractivity contribution in [1.82, 2.24) is 5.32 Å². The molecular weight excluding hydrogens is 202 g/mol. The summed E-state index contributed by atoms with van der Waals surface area (Å²) in [4.78, 5) is 0.179. The molecule has 0 amide bonds. The second kappa shape index (κ2) is 4.54. The van der Waals surface area contributed by atoms with Crippen molar-refractivity contribution in [2.75, 3.05) is 13.8 Å². The number of nitrogens with one attached hydrogen (secondary N) is 1. The van der Waals surface area contributed by atoms with Crippen molar-refractivity contribution in [3.63, 3.8) is 0 Å². The standard InChI is InChI=1S/C9H13NO3S/c1-8-3-5-9(6-4-8)14(11,12)13-7-10-2/h3-6,10H,7H2,1-2H3. The molecule has 0 aromatic heterocycles. The van der Waals surface area contributed by atoms with Crippen molar-refractivity contribution in [3.05, 3.63) is 29.8 Å². The van der Waals surface area contributed by atoms with Crippen molar-refractivity contribution < 1.29 is 12.6 Å². The first kappa shape index (κ1) is 11.2. The van der Waals surface area contributed by atoms with E-state index in [9.17, 15) is 8.42 Å². The summed E-state index contributed by atoms with van der Waals surface area (Å²) >= 11 is 0. The van der Waals surface area contributed by atoms with Gasteiger partial charge in [-0.25, -0.2) is 0 Å². The highest BCUT2D eigenvalue weighted by Gasteiger charge is 2.13. The molecule has 0 bridgehead atoms. The third-order valence-corrected chi connectivity index (χ3v) is 2.95. The highest BCUT2D eigenvalue weighted by molar-refractivity contribution is 7.86. The molecule has 5 heteroatoms. The van der Waals surface area contributed by atoms with Crippen LogP contribution in [0.2, 0.25) is 0 Å². The smallest absolute Gasteiger partial charge is 0.297 e. The first-order chi connectivity index (χ1) is 6.56. The van der Waals surface area contributed by atoms with Gasteiger partial charge in [0.15, 0.2) is 0 Å². The highest BCUT2D eigenvalue weighted by Crippen LogP contribution is 2.12. The quantitative estimate of drug-likeness (QED) is 0.598. The lowest BCUT2D eigenvalue weighted by molar-refractivity contribution is 0.298. The molecule has 0 saturated carbocycles. The normalized spacial score (nSPS) is 11.6. The number of aryl methyl sites for hydroxylation is 1. The van der Waals surface area contributed by atoms with Crippen LogP contribution in [-0.2, 0) is 14.3 Å². The van der Waals surface area contributed by atoms with Crippen LogP contribution in [0.1, 0.15) is 5.56 Å². The van der Waals surface area contributed by atoms with Gasteiger partial charge in [0.25, 0.3) is 10.1 Å². The van der Waals surface area contributed by atoms with E-state index in [2.05, 4.69) is 9.50 Å². The second-order valence-electron chi connectivity index (χ2n) is 2.88. The third kappa shape index (κ3) is 2.80. The average Bonchev–Trinajstić information content (AvgIpc) is 2.16. The third-order valence-electron chi connectivity index (χ3n) is 1.67. The number of benzene rings is 1. The first-order valence-corrected chi connectivity index (χ1v) is 5.58. The van der Waals surface area contributed by atoms with Gasteiger partial charge in [-0.2, -0.15) is 8.42 Å². The molecule has 0 saturated heterocycles. The van der Waals surface area contributed by atoms with Crippen LogP contribution in [0.4, 0.5) is 0 Å². The summed E-state index contributed by atoms with van der Waals surface area (Å²) in [5.74, 6) is 0. The summed E-state index contributed by atoms with van der Waals surface area (Å²) in [6, 6.07) is 6.52. The Morgan fingerprint density at radius 3 is 2.36 bits per heavy atom. The summed E-state index contributed by atoms with van der Waals surface area (Å²) in [6.07, 6.45) is 0. The number of rotatable bonds is 4. The molecule has 14 heavy (non-hydrogen) atoms. The van der Waals surface area contributed by atoms with Gasteiger partial charge in [0.2, 0.25) is 0 Å². The molecule has 0 heterocycles. The van der Waals surface area contributed by atoms with Crippen LogP contribution in [-0.4, -0.2) is 22.2 Å². The predicted molar refractivity (Wildman–Crippen MR) is 53.4 cm³/mol. The van der Waals surface area contributed by atoms with E-state index in [4.69, 9.17) is 0 Å². The Hall–Kier alpha value is -0.910. The molecular formula is C9H13NO3S. The van der Waals surface area contributed by atoms with Crippen molar-refractivity contribution in [2.24, 2.45) is 0 Å². The van der Waals surface area contributed by atoms with Crippen LogP contribution >= 0.6 is 0 Å². The van der Waals surface area contributed by atoms with Gasteiger partial charge in [-0.1, -0.05) is 17.7 Å². The monoisotopic (exact) mass is 215 g/mol. The molecule has 0 aliphatic rings. The summed E-state index contributed by atoms with van der Waals surface area (Å²) < 4.78 is 27.5. The summed E-state index contributed by atoms with van der Waals surface area (Å²) in [5, 5.41) is 2.60. The van der Waals surface area contributed by atoms with Crippen LogP contribution in [0.15, 0.2) is 29.2 Å². The van der Waals surface area contributed by atoms with Crippen LogP contribution in [0.5, 0.6) is 0 Å². The molecule has 1 aromatic rings. The fourth-order valence-corrected chi connectivity index (χ4v) is 1.79. The van der Waals surface area contributed by atoms with Crippen molar-refractivity contribution in [3.8, 4) is 0 Å². The SMILES string of the molecule is CNCOS(=O)(=O)c1ccc(C)cc1. The van der Waals surface area contributed by atoms with Gasteiger partial charge >= 0.3 is 0 Å². The lowest BCUT2D eigenvalue weighted by Crippen LogP contribution is -2.16. The van der Waals surface area contributed by atoms with Gasteiger partial charge in [-0.3, -0.25) is 9.50 Å². The molecule has 1 rings (SSSR count). The molecule has 1 aromatic carbocycles. The van der Waals surface area contributed by atoms with E-state index in [-0.39, 0.29) is 11.6 Å². The van der Waals surface area contributed by atoms with Gasteiger partial charge < -0.3 is 0 Å². The van der Waals surface area contributed by atoms with Gasteiger partial charge in [-0.15, -0.1) is 0 Å². The van der Waals surface area contributed by atoms with E-state index < -0.39 is 10.1 Å². The fraction of sp³-hybridized carbons (Fsp3) is 0.333. The maximum atomic E-state index is 11.4. The lowest BCUT2D eigenvalue weighted by atomic mass is 10.2. The largest absolute Gasteiger partial charge is 0.298 e. The van der Waals surface area contributed by atoms with E-state index in [1.54, 1.807) is 19.2 Å². The van der Waals surface area contributed by atoms with Crippen molar-refractivity contribution in [2.45, 2.75) is 11.8 Å². The Morgan fingerprint density at radius 1 is 1.29 bits per heavy atom. The second-order valence-corrected chi connectivity index (χ2v) is 4.50. The van der Waals surface area contributed by atoms with E-state index in [0.717, 1.165) is 5.56 Å². The molecule has 0 unspecified atom stereocenters. The predicted octanol–water partition coefficient (Wildman–Crippen LogP) is 0.877. The fourth-order valence-electron chi connectivity index (χ4n) is 0.909. The zero-order chi connectivity index (χ0) is 10.6. The van der Waals surface area contributed by atoms with E-state index in [0.29, 0.717) is 0 Å². The van der Waals surface area contributed by atoms with Crippen LogP contribution < -0.4 is 5.32 Å². The molecule has 0 aliphatic heterocycles. The molecule has 0 atom stereocenters. The maximum absolute atomic E-state index is 11.4. The summed E-state index contributed by atoms with van der Waals surface area (Å²) in [7, 11) is -1.99. The minimum absolute atomic E-state index is 0.0176. The van der Waals surface area contributed by atoms with Gasteiger partial charge in [-0.05, 0) is 26.1 Å². The number of hydrogen-bond donors (Lipinski definition) is 1. The minimum Gasteiger partial charge on any atom is -0.297 e. The van der Waals surface area contributed by atoms with Crippen molar-refractivity contribution in [1.29, 1.82) is 0 Å². The Kier molecular flexibility index (Phi) is 3.62. The summed E-state index contributed by atoms with van der Waals surface area (Å²) in [6.45, 7) is 1.88. The Balaban J connectivity index is 2.87. The molecule has 4 nitrogen and oxygen atoms in total. The first-order valence-electron chi connectivity index (χ1n) is 4.17. The van der Waals surface area contributed by atoms with Gasteiger partial charge in [0.05, 0.1) is 4.90 Å². The molecule has 0 aliphatic carbocycles. The zero-order valence-electron chi connectivity index (χ0n) is 8.15. The van der Waals surface area contributed by atoms with Gasteiger partial charge in [0.1, 0.15) is 6.73 Å². The Labute approximate surface area is 84.0 Å². The zero-order valence-corrected chi connectivity index (χ0v) is 8.97. The van der Waals surface area contributed by atoms with Crippen LogP contribution in [0.3, 0.4) is 0 Å². The van der Waals surface area contributed by atoms with E-state index in [1.807, 2.05) is 6.92 Å². The molecule has 78 valence electrons. The molecule has 1 N–H and O–H groups in total. The lowest BCUT2D eigenvalue weighted by Gasteiger charge is -2.04. The topological polar surface area (TPSA) is 55.4 Å². The van der Waals surface area contributed by atoms with Crippen molar-refractivity contribution >= 4 is 10.1 Å². The molecule has 0 spiro atoms.